The number of anilines is 1. The topological polar surface area (TPSA) is 95.3 Å². The standard InChI is InChI=1S/C11H9N3O3/c15-7-2-1-3-8(16)10(7)11(17)14-9-6-12-4-5-13-9/h1-6,15-16H,(H,13,14,17). The third-order valence-electron chi connectivity index (χ3n) is 2.05. The fourth-order valence-corrected chi connectivity index (χ4v) is 1.30. The second-order valence-electron chi connectivity index (χ2n) is 3.22. The van der Waals surface area contributed by atoms with Gasteiger partial charge in [-0.05, 0) is 12.1 Å². The smallest absolute Gasteiger partial charge is 0.264 e. The predicted octanol–water partition coefficient (Wildman–Crippen LogP) is 1.14. The number of amides is 1. The third-order valence-corrected chi connectivity index (χ3v) is 2.05. The van der Waals surface area contributed by atoms with Gasteiger partial charge < -0.3 is 15.5 Å². The van der Waals surface area contributed by atoms with E-state index in [1.165, 1.54) is 36.8 Å². The first-order valence-corrected chi connectivity index (χ1v) is 4.77. The minimum Gasteiger partial charge on any atom is -0.507 e. The summed E-state index contributed by atoms with van der Waals surface area (Å²) < 4.78 is 0. The van der Waals surface area contributed by atoms with Gasteiger partial charge >= 0.3 is 0 Å². The summed E-state index contributed by atoms with van der Waals surface area (Å²) >= 11 is 0. The van der Waals surface area contributed by atoms with Crippen molar-refractivity contribution in [3.05, 3.63) is 42.4 Å². The van der Waals surface area contributed by atoms with Crippen LogP contribution in [0.15, 0.2) is 36.8 Å². The van der Waals surface area contributed by atoms with Crippen molar-refractivity contribution in [3.63, 3.8) is 0 Å². The number of carbonyl (C=O) groups is 1. The molecule has 0 saturated carbocycles. The van der Waals surface area contributed by atoms with Gasteiger partial charge in [-0.2, -0.15) is 0 Å². The zero-order valence-electron chi connectivity index (χ0n) is 8.66. The summed E-state index contributed by atoms with van der Waals surface area (Å²) in [4.78, 5) is 19.4. The van der Waals surface area contributed by atoms with E-state index in [4.69, 9.17) is 0 Å². The number of aromatic hydroxyl groups is 2. The third kappa shape index (κ3) is 2.31. The molecule has 17 heavy (non-hydrogen) atoms. The fourth-order valence-electron chi connectivity index (χ4n) is 1.30. The number of aromatic nitrogens is 2. The lowest BCUT2D eigenvalue weighted by Gasteiger charge is -2.07. The number of hydrogen-bond acceptors (Lipinski definition) is 5. The van der Waals surface area contributed by atoms with E-state index in [2.05, 4.69) is 15.3 Å². The molecule has 2 aromatic rings. The Balaban J connectivity index is 2.27. The number of carbonyl (C=O) groups excluding carboxylic acids is 1. The van der Waals surface area contributed by atoms with Crippen LogP contribution in [0.4, 0.5) is 5.82 Å². The molecule has 6 nitrogen and oxygen atoms in total. The average molecular weight is 231 g/mol. The van der Waals surface area contributed by atoms with Crippen LogP contribution in [0.3, 0.4) is 0 Å². The molecule has 0 radical (unpaired) electrons. The van der Waals surface area contributed by atoms with Crippen LogP contribution >= 0.6 is 0 Å². The van der Waals surface area contributed by atoms with E-state index in [0.717, 1.165) is 0 Å². The minimum absolute atomic E-state index is 0.196. The van der Waals surface area contributed by atoms with E-state index in [1.807, 2.05) is 0 Å². The molecule has 0 saturated heterocycles. The maximum Gasteiger partial charge on any atom is 0.264 e. The summed E-state index contributed by atoms with van der Waals surface area (Å²) in [6.07, 6.45) is 4.24. The van der Waals surface area contributed by atoms with Crippen LogP contribution in [0.1, 0.15) is 10.4 Å². The molecular formula is C11H9N3O3. The van der Waals surface area contributed by atoms with Crippen molar-refractivity contribution >= 4 is 11.7 Å². The molecule has 0 spiro atoms. The normalized spacial score (nSPS) is 9.88. The maximum atomic E-state index is 11.8. The quantitative estimate of drug-likeness (QED) is 0.720. The van der Waals surface area contributed by atoms with Gasteiger partial charge in [0.25, 0.3) is 5.91 Å². The Morgan fingerprint density at radius 1 is 1.18 bits per heavy atom. The second-order valence-corrected chi connectivity index (χ2v) is 3.22. The van der Waals surface area contributed by atoms with Gasteiger partial charge in [-0.3, -0.25) is 9.78 Å². The number of nitrogens with zero attached hydrogens (tertiary/aromatic N) is 2. The van der Waals surface area contributed by atoms with Crippen LogP contribution < -0.4 is 5.32 Å². The van der Waals surface area contributed by atoms with Gasteiger partial charge in [-0.25, -0.2) is 4.98 Å². The van der Waals surface area contributed by atoms with Crippen LogP contribution in [0.25, 0.3) is 0 Å². The van der Waals surface area contributed by atoms with Crippen LogP contribution in [-0.2, 0) is 0 Å². The van der Waals surface area contributed by atoms with Crippen molar-refractivity contribution in [3.8, 4) is 11.5 Å². The molecular weight excluding hydrogens is 222 g/mol. The van der Waals surface area contributed by atoms with Crippen molar-refractivity contribution in [1.29, 1.82) is 0 Å². The minimum atomic E-state index is -0.652. The van der Waals surface area contributed by atoms with Gasteiger partial charge in [-0.15, -0.1) is 0 Å². The summed E-state index contributed by atoms with van der Waals surface area (Å²) in [6, 6.07) is 4.06. The molecule has 0 unspecified atom stereocenters. The van der Waals surface area contributed by atoms with Gasteiger partial charge in [0.15, 0.2) is 5.82 Å². The molecule has 0 aliphatic carbocycles. The van der Waals surface area contributed by atoms with Crippen molar-refractivity contribution in [2.24, 2.45) is 0 Å². The molecule has 2 rings (SSSR count). The van der Waals surface area contributed by atoms with E-state index in [-0.39, 0.29) is 22.9 Å². The van der Waals surface area contributed by atoms with Crippen LogP contribution in [-0.4, -0.2) is 26.1 Å². The van der Waals surface area contributed by atoms with E-state index in [0.29, 0.717) is 0 Å². The molecule has 1 amide bonds. The number of phenols is 2. The summed E-state index contributed by atoms with van der Waals surface area (Å²) in [5.41, 5.74) is -0.196. The Hall–Kier alpha value is -2.63. The van der Waals surface area contributed by atoms with E-state index in [9.17, 15) is 15.0 Å². The van der Waals surface area contributed by atoms with E-state index >= 15 is 0 Å². The van der Waals surface area contributed by atoms with Crippen molar-refractivity contribution in [2.45, 2.75) is 0 Å². The Bertz CT molecular complexity index is 523. The molecule has 0 bridgehead atoms. The highest BCUT2D eigenvalue weighted by Gasteiger charge is 2.16. The number of nitrogens with one attached hydrogen (secondary N) is 1. The van der Waals surface area contributed by atoms with Crippen LogP contribution in [0.2, 0.25) is 0 Å². The molecule has 0 atom stereocenters. The van der Waals surface area contributed by atoms with Gasteiger partial charge in [0, 0.05) is 12.4 Å². The predicted molar refractivity (Wildman–Crippen MR) is 59.8 cm³/mol. The molecule has 1 aromatic carbocycles. The highest BCUT2D eigenvalue weighted by atomic mass is 16.3. The zero-order valence-corrected chi connectivity index (χ0v) is 8.66. The lowest BCUT2D eigenvalue weighted by atomic mass is 10.1. The molecule has 6 heteroatoms. The van der Waals surface area contributed by atoms with Crippen LogP contribution in [0, 0.1) is 0 Å². The zero-order chi connectivity index (χ0) is 12.3. The Labute approximate surface area is 96.6 Å². The molecule has 0 fully saturated rings. The number of rotatable bonds is 2. The van der Waals surface area contributed by atoms with Crippen molar-refractivity contribution < 1.29 is 15.0 Å². The monoisotopic (exact) mass is 231 g/mol. The molecule has 1 heterocycles. The average Bonchev–Trinajstić information content (AvgIpc) is 2.30. The van der Waals surface area contributed by atoms with Crippen molar-refractivity contribution in [2.75, 3.05) is 5.32 Å². The van der Waals surface area contributed by atoms with Gasteiger partial charge in [0.1, 0.15) is 17.1 Å². The highest BCUT2D eigenvalue weighted by molar-refractivity contribution is 6.07. The van der Waals surface area contributed by atoms with Crippen LogP contribution in [0.5, 0.6) is 11.5 Å². The molecule has 1 aromatic heterocycles. The first-order chi connectivity index (χ1) is 8.18. The highest BCUT2D eigenvalue weighted by Crippen LogP contribution is 2.26. The molecule has 0 aliphatic rings. The van der Waals surface area contributed by atoms with Gasteiger partial charge in [0.2, 0.25) is 0 Å². The molecule has 0 aliphatic heterocycles. The summed E-state index contributed by atoms with van der Waals surface area (Å²) in [7, 11) is 0. The first kappa shape index (κ1) is 10.9. The first-order valence-electron chi connectivity index (χ1n) is 4.77. The number of benzene rings is 1. The largest absolute Gasteiger partial charge is 0.507 e. The Morgan fingerprint density at radius 3 is 2.47 bits per heavy atom. The summed E-state index contributed by atoms with van der Waals surface area (Å²) in [5, 5.41) is 21.4. The summed E-state index contributed by atoms with van der Waals surface area (Å²) in [6.45, 7) is 0. The lowest BCUT2D eigenvalue weighted by molar-refractivity contribution is 0.102. The Kier molecular flexibility index (Phi) is 2.87. The van der Waals surface area contributed by atoms with E-state index < -0.39 is 5.91 Å². The fraction of sp³-hybridized carbons (Fsp3) is 0. The van der Waals surface area contributed by atoms with Gasteiger partial charge in [-0.1, -0.05) is 6.07 Å². The number of hydrogen-bond donors (Lipinski definition) is 3. The molecule has 3 N–H and O–H groups in total. The lowest BCUT2D eigenvalue weighted by Crippen LogP contribution is -2.13. The molecule has 86 valence electrons. The van der Waals surface area contributed by atoms with Crippen molar-refractivity contribution in [1.82, 2.24) is 9.97 Å². The van der Waals surface area contributed by atoms with Gasteiger partial charge in [0.05, 0.1) is 6.20 Å². The Morgan fingerprint density at radius 2 is 1.88 bits per heavy atom. The number of phenolic OH excluding ortho intramolecular Hbond substituents is 2. The maximum absolute atomic E-state index is 11.8. The van der Waals surface area contributed by atoms with E-state index in [1.54, 1.807) is 0 Å². The SMILES string of the molecule is O=C(Nc1cnccn1)c1c(O)cccc1O. The summed E-state index contributed by atoms with van der Waals surface area (Å²) in [5.74, 6) is -1.01. The second kappa shape index (κ2) is 4.48.